The van der Waals surface area contributed by atoms with Gasteiger partial charge in [-0.2, -0.15) is 0 Å². The fourth-order valence-corrected chi connectivity index (χ4v) is 2.79. The van der Waals surface area contributed by atoms with Gasteiger partial charge < -0.3 is 18.9 Å². The number of carbonyl (C=O) groups is 4. The van der Waals surface area contributed by atoms with Crippen molar-refractivity contribution in [2.75, 3.05) is 59.4 Å². The van der Waals surface area contributed by atoms with Crippen molar-refractivity contribution >= 4 is 23.4 Å². The second-order valence-corrected chi connectivity index (χ2v) is 7.28. The summed E-state index contributed by atoms with van der Waals surface area (Å²) >= 11 is 0. The van der Waals surface area contributed by atoms with Crippen molar-refractivity contribution in [1.29, 1.82) is 0 Å². The van der Waals surface area contributed by atoms with E-state index in [1.807, 2.05) is 0 Å². The van der Waals surface area contributed by atoms with Crippen molar-refractivity contribution in [3.63, 3.8) is 0 Å². The van der Waals surface area contributed by atoms with Gasteiger partial charge in [0.2, 0.25) is 11.8 Å². The molecule has 1 unspecified atom stereocenters. The van der Waals surface area contributed by atoms with E-state index >= 15 is 0 Å². The highest BCUT2D eigenvalue weighted by molar-refractivity contribution is 6.03. The van der Waals surface area contributed by atoms with Gasteiger partial charge >= 0.3 is 0 Å². The SMILES string of the molecule is CC(=O)CCOCCOCCOCCOCCCC(=O)CCN1C(=O)CC(C)C1=O. The van der Waals surface area contributed by atoms with Crippen LogP contribution in [0, 0.1) is 5.92 Å². The lowest BCUT2D eigenvalue weighted by Crippen LogP contribution is -2.32. The average Bonchev–Trinajstić information content (AvgIpc) is 2.94. The maximum atomic E-state index is 11.9. The van der Waals surface area contributed by atoms with Gasteiger partial charge in [0.25, 0.3) is 0 Å². The molecule has 30 heavy (non-hydrogen) atoms. The molecule has 0 aliphatic carbocycles. The fourth-order valence-electron chi connectivity index (χ4n) is 2.79. The van der Waals surface area contributed by atoms with E-state index in [0.29, 0.717) is 72.1 Å². The summed E-state index contributed by atoms with van der Waals surface area (Å²) in [6, 6.07) is 0. The summed E-state index contributed by atoms with van der Waals surface area (Å²) in [6.07, 6.45) is 1.84. The molecule has 0 radical (unpaired) electrons. The summed E-state index contributed by atoms with van der Waals surface area (Å²) in [5.41, 5.74) is 0. The van der Waals surface area contributed by atoms with Crippen LogP contribution in [-0.2, 0) is 38.1 Å². The monoisotopic (exact) mass is 429 g/mol. The van der Waals surface area contributed by atoms with Crippen LogP contribution in [0.3, 0.4) is 0 Å². The zero-order chi connectivity index (χ0) is 22.2. The number of Topliss-reactive ketones (excluding diaryl/α,β-unsaturated/α-hetero) is 2. The Morgan fingerprint density at radius 3 is 1.87 bits per heavy atom. The molecule has 0 aromatic carbocycles. The van der Waals surface area contributed by atoms with Crippen molar-refractivity contribution in [2.45, 2.75) is 46.0 Å². The Morgan fingerprint density at radius 2 is 1.37 bits per heavy atom. The first-order chi connectivity index (χ1) is 14.4. The summed E-state index contributed by atoms with van der Waals surface area (Å²) in [5, 5.41) is 0. The molecule has 172 valence electrons. The van der Waals surface area contributed by atoms with E-state index in [4.69, 9.17) is 18.9 Å². The molecule has 1 rings (SSSR count). The summed E-state index contributed by atoms with van der Waals surface area (Å²) in [4.78, 5) is 47.2. The van der Waals surface area contributed by atoms with E-state index < -0.39 is 0 Å². The number of amides is 2. The molecule has 1 atom stereocenters. The maximum absolute atomic E-state index is 11.9. The summed E-state index contributed by atoms with van der Waals surface area (Å²) < 4.78 is 21.4. The van der Waals surface area contributed by atoms with Crippen molar-refractivity contribution in [3.8, 4) is 0 Å². The first-order valence-corrected chi connectivity index (χ1v) is 10.6. The number of ketones is 2. The molecule has 1 heterocycles. The second-order valence-electron chi connectivity index (χ2n) is 7.28. The lowest BCUT2D eigenvalue weighted by Gasteiger charge is -2.13. The van der Waals surface area contributed by atoms with Crippen LogP contribution in [0.2, 0.25) is 0 Å². The molecule has 9 heteroatoms. The number of rotatable bonds is 19. The molecule has 1 fully saturated rings. The van der Waals surface area contributed by atoms with Gasteiger partial charge in [-0.3, -0.25) is 24.1 Å². The molecule has 0 aromatic heterocycles. The molecule has 1 aliphatic heterocycles. The minimum absolute atomic E-state index is 0.0254. The Bertz CT molecular complexity index is 551. The topological polar surface area (TPSA) is 108 Å². The van der Waals surface area contributed by atoms with Crippen LogP contribution < -0.4 is 0 Å². The molecule has 0 spiro atoms. The van der Waals surface area contributed by atoms with E-state index in [0.717, 1.165) is 0 Å². The minimum Gasteiger partial charge on any atom is -0.379 e. The minimum atomic E-state index is -0.271. The zero-order valence-electron chi connectivity index (χ0n) is 18.2. The van der Waals surface area contributed by atoms with Gasteiger partial charge in [0.15, 0.2) is 0 Å². The molecule has 0 saturated carbocycles. The Labute approximate surface area is 178 Å². The molecule has 9 nitrogen and oxygen atoms in total. The number of imide groups is 1. The third-order valence-corrected chi connectivity index (χ3v) is 4.54. The van der Waals surface area contributed by atoms with Gasteiger partial charge in [-0.05, 0) is 13.3 Å². The molecule has 0 bridgehead atoms. The highest BCUT2D eigenvalue weighted by atomic mass is 16.6. The number of hydrogen-bond donors (Lipinski definition) is 0. The first kappa shape index (κ1) is 26.4. The van der Waals surface area contributed by atoms with Gasteiger partial charge in [0, 0.05) is 44.8 Å². The first-order valence-electron chi connectivity index (χ1n) is 10.6. The number of nitrogens with zero attached hydrogens (tertiary/aromatic N) is 1. The zero-order valence-corrected chi connectivity index (χ0v) is 18.2. The van der Waals surface area contributed by atoms with Crippen molar-refractivity contribution < 1.29 is 38.1 Å². The Kier molecular flexibility index (Phi) is 14.1. The van der Waals surface area contributed by atoms with Gasteiger partial charge in [-0.1, -0.05) is 6.92 Å². The quantitative estimate of drug-likeness (QED) is 0.222. The van der Waals surface area contributed by atoms with Crippen LogP contribution in [0.25, 0.3) is 0 Å². The Morgan fingerprint density at radius 1 is 0.833 bits per heavy atom. The Balaban J connectivity index is 1.83. The predicted molar refractivity (Wildman–Crippen MR) is 108 cm³/mol. The van der Waals surface area contributed by atoms with Crippen LogP contribution in [0.4, 0.5) is 0 Å². The predicted octanol–water partition coefficient (Wildman–Crippen LogP) is 1.17. The number of likely N-dealkylation sites (tertiary alicyclic amines) is 1. The van der Waals surface area contributed by atoms with Gasteiger partial charge in [0.05, 0.1) is 46.2 Å². The summed E-state index contributed by atoms with van der Waals surface area (Å²) in [5.74, 6) is -0.503. The molecule has 2 amide bonds. The molecule has 1 saturated heterocycles. The number of carbonyl (C=O) groups excluding carboxylic acids is 4. The van der Waals surface area contributed by atoms with Crippen molar-refractivity contribution in [3.05, 3.63) is 0 Å². The highest BCUT2D eigenvalue weighted by Gasteiger charge is 2.35. The number of ether oxygens (including phenoxy) is 4. The van der Waals surface area contributed by atoms with E-state index in [1.165, 1.54) is 11.8 Å². The number of hydrogen-bond acceptors (Lipinski definition) is 8. The maximum Gasteiger partial charge on any atom is 0.232 e. The summed E-state index contributed by atoms with van der Waals surface area (Å²) in [7, 11) is 0. The van der Waals surface area contributed by atoms with Gasteiger partial charge in [-0.25, -0.2) is 0 Å². The van der Waals surface area contributed by atoms with E-state index in [1.54, 1.807) is 6.92 Å². The third-order valence-electron chi connectivity index (χ3n) is 4.54. The molecule has 0 N–H and O–H groups in total. The van der Waals surface area contributed by atoms with Crippen LogP contribution in [0.15, 0.2) is 0 Å². The Hall–Kier alpha value is -1.68. The average molecular weight is 430 g/mol. The van der Waals surface area contributed by atoms with Gasteiger partial charge in [0.1, 0.15) is 11.6 Å². The lowest BCUT2D eigenvalue weighted by molar-refractivity contribution is -0.139. The molecular weight excluding hydrogens is 394 g/mol. The molecular formula is C21H35NO8. The van der Waals surface area contributed by atoms with Crippen LogP contribution in [-0.4, -0.2) is 87.7 Å². The van der Waals surface area contributed by atoms with E-state index in [2.05, 4.69) is 0 Å². The normalized spacial score (nSPS) is 16.5. The van der Waals surface area contributed by atoms with Crippen LogP contribution >= 0.6 is 0 Å². The van der Waals surface area contributed by atoms with E-state index in [9.17, 15) is 19.2 Å². The fraction of sp³-hybridized carbons (Fsp3) is 0.810. The largest absolute Gasteiger partial charge is 0.379 e. The molecule has 0 aromatic rings. The smallest absolute Gasteiger partial charge is 0.232 e. The molecule has 1 aliphatic rings. The summed E-state index contributed by atoms with van der Waals surface area (Å²) in [6.45, 7) is 7.06. The lowest BCUT2D eigenvalue weighted by atomic mass is 10.1. The van der Waals surface area contributed by atoms with E-state index in [-0.39, 0.29) is 48.7 Å². The third kappa shape index (κ3) is 12.1. The van der Waals surface area contributed by atoms with Crippen LogP contribution in [0.1, 0.15) is 46.0 Å². The standard InChI is InChI=1S/C21H35NO8/c1-17-16-20(25)22(21(17)26)7-5-19(24)4-3-8-27-10-12-29-14-15-30-13-11-28-9-6-18(2)23/h17H,3-16H2,1-2H3. The van der Waals surface area contributed by atoms with Crippen molar-refractivity contribution in [2.24, 2.45) is 5.92 Å². The van der Waals surface area contributed by atoms with Crippen molar-refractivity contribution in [1.82, 2.24) is 4.90 Å². The van der Waals surface area contributed by atoms with Gasteiger partial charge in [-0.15, -0.1) is 0 Å². The highest BCUT2D eigenvalue weighted by Crippen LogP contribution is 2.18. The second kappa shape index (κ2) is 16.1. The van der Waals surface area contributed by atoms with Crippen LogP contribution in [0.5, 0.6) is 0 Å².